The number of aromatic nitrogens is 1. The van der Waals surface area contributed by atoms with E-state index in [1.54, 1.807) is 0 Å². The molecule has 1 aromatic rings. The molecule has 0 aromatic carbocycles. The molecule has 6 heteroatoms. The van der Waals surface area contributed by atoms with E-state index in [1.165, 1.54) is 19.4 Å². The van der Waals surface area contributed by atoms with Crippen LogP contribution in [0.4, 0.5) is 13.2 Å². The number of rotatable bonds is 3. The number of halogens is 3. The molecular weight excluding hydrogens is 233 g/mol. The summed E-state index contributed by atoms with van der Waals surface area (Å²) in [5.41, 5.74) is -0.0699. The SMILES string of the molecule is CO[n+]1cc([C@@H](C)N(C)C)ccc1C(F)(F)F. The largest absolute Gasteiger partial charge is 0.482 e. The summed E-state index contributed by atoms with van der Waals surface area (Å²) < 4.78 is 38.6. The lowest BCUT2D eigenvalue weighted by Gasteiger charge is -2.18. The first-order valence-electron chi connectivity index (χ1n) is 5.11. The Hall–Kier alpha value is -1.30. The first kappa shape index (κ1) is 13.8. The molecule has 0 aliphatic rings. The van der Waals surface area contributed by atoms with E-state index in [4.69, 9.17) is 4.84 Å². The number of nitrogens with zero attached hydrogens (tertiary/aromatic N) is 2. The molecule has 0 fully saturated rings. The molecule has 96 valence electrons. The van der Waals surface area contributed by atoms with Gasteiger partial charge >= 0.3 is 11.9 Å². The van der Waals surface area contributed by atoms with Gasteiger partial charge in [0.05, 0.1) is 0 Å². The molecule has 1 atom stereocenters. The van der Waals surface area contributed by atoms with Crippen LogP contribution in [-0.4, -0.2) is 26.1 Å². The van der Waals surface area contributed by atoms with Crippen LogP contribution in [0.5, 0.6) is 0 Å². The molecule has 1 rings (SSSR count). The Labute approximate surface area is 98.4 Å². The summed E-state index contributed by atoms with van der Waals surface area (Å²) in [5.74, 6) is 0. The van der Waals surface area contributed by atoms with E-state index in [9.17, 15) is 13.2 Å². The molecule has 0 radical (unpaired) electrons. The maximum Gasteiger partial charge on any atom is 0.482 e. The van der Waals surface area contributed by atoms with Gasteiger partial charge in [0.1, 0.15) is 7.11 Å². The summed E-state index contributed by atoms with van der Waals surface area (Å²) in [7, 11) is 4.93. The van der Waals surface area contributed by atoms with Crippen molar-refractivity contribution in [2.75, 3.05) is 21.2 Å². The molecule has 0 unspecified atom stereocenters. The van der Waals surface area contributed by atoms with Gasteiger partial charge in [-0.05, 0) is 27.1 Å². The molecule has 3 nitrogen and oxygen atoms in total. The van der Waals surface area contributed by atoms with Crippen LogP contribution in [0, 0.1) is 0 Å². The smallest absolute Gasteiger partial charge is 0.302 e. The maximum absolute atomic E-state index is 12.6. The van der Waals surface area contributed by atoms with Crippen LogP contribution in [0.25, 0.3) is 0 Å². The molecule has 1 heterocycles. The van der Waals surface area contributed by atoms with Crippen molar-refractivity contribution in [2.45, 2.75) is 19.1 Å². The molecule has 0 aliphatic heterocycles. The van der Waals surface area contributed by atoms with Crippen molar-refractivity contribution in [2.24, 2.45) is 0 Å². The highest BCUT2D eigenvalue weighted by Gasteiger charge is 2.42. The van der Waals surface area contributed by atoms with Gasteiger partial charge in [-0.1, -0.05) is 0 Å². The number of alkyl halides is 3. The fraction of sp³-hybridized carbons (Fsp3) is 0.545. The van der Waals surface area contributed by atoms with Gasteiger partial charge < -0.3 is 4.90 Å². The van der Waals surface area contributed by atoms with Gasteiger partial charge in [0.15, 0.2) is 0 Å². The third kappa shape index (κ3) is 3.09. The van der Waals surface area contributed by atoms with E-state index in [-0.39, 0.29) is 6.04 Å². The van der Waals surface area contributed by atoms with Gasteiger partial charge in [-0.3, -0.25) is 4.84 Å². The Morgan fingerprint density at radius 1 is 1.29 bits per heavy atom. The average Bonchev–Trinajstić information content (AvgIpc) is 2.25. The summed E-state index contributed by atoms with van der Waals surface area (Å²) in [5, 5.41) is 0. The third-order valence-electron chi connectivity index (χ3n) is 2.68. The molecule has 0 amide bonds. The second-order valence-electron chi connectivity index (χ2n) is 3.99. The summed E-state index contributed by atoms with van der Waals surface area (Å²) in [6, 6.07) is 2.50. The van der Waals surface area contributed by atoms with Crippen molar-refractivity contribution in [3.8, 4) is 0 Å². The Morgan fingerprint density at radius 3 is 2.29 bits per heavy atom. The van der Waals surface area contributed by atoms with E-state index < -0.39 is 11.9 Å². The zero-order valence-corrected chi connectivity index (χ0v) is 10.2. The standard InChI is InChI=1S/C11H16F3N2O/c1-8(15(2)3)9-5-6-10(11(12,13)14)16(7-9)17-4/h5-8H,1-4H3/q+1/t8-/m1/s1. The van der Waals surface area contributed by atoms with Crippen LogP contribution >= 0.6 is 0 Å². The van der Waals surface area contributed by atoms with Crippen LogP contribution in [0.15, 0.2) is 18.3 Å². The highest BCUT2D eigenvalue weighted by Crippen LogP contribution is 2.27. The van der Waals surface area contributed by atoms with Crippen molar-refractivity contribution in [1.29, 1.82) is 0 Å². The monoisotopic (exact) mass is 249 g/mol. The third-order valence-corrected chi connectivity index (χ3v) is 2.68. The molecule has 0 aliphatic carbocycles. The maximum atomic E-state index is 12.6. The van der Waals surface area contributed by atoms with Gasteiger partial charge in [0, 0.05) is 22.4 Å². The Balaban J connectivity index is 3.18. The lowest BCUT2D eigenvalue weighted by molar-refractivity contribution is -0.896. The second-order valence-corrected chi connectivity index (χ2v) is 3.99. The number of hydrogen-bond acceptors (Lipinski definition) is 2. The van der Waals surface area contributed by atoms with Crippen molar-refractivity contribution >= 4 is 0 Å². The van der Waals surface area contributed by atoms with Crippen molar-refractivity contribution in [3.05, 3.63) is 29.6 Å². The van der Waals surface area contributed by atoms with Gasteiger partial charge in [-0.25, -0.2) is 0 Å². The average molecular weight is 249 g/mol. The molecule has 1 aromatic heterocycles. The van der Waals surface area contributed by atoms with Crippen molar-refractivity contribution < 1.29 is 22.7 Å². The zero-order chi connectivity index (χ0) is 13.2. The summed E-state index contributed by atoms with van der Waals surface area (Å²) in [4.78, 5) is 6.63. The van der Waals surface area contributed by atoms with Gasteiger partial charge in [0.2, 0.25) is 6.20 Å². The van der Waals surface area contributed by atoms with Crippen LogP contribution in [0.1, 0.15) is 24.2 Å². The molecular formula is C11H16F3N2O+. The Bertz CT molecular complexity index is 391. The predicted octanol–water partition coefficient (Wildman–Crippen LogP) is 1.67. The van der Waals surface area contributed by atoms with Crippen LogP contribution in [-0.2, 0) is 6.18 Å². The molecule has 0 saturated heterocycles. The topological polar surface area (TPSA) is 16.4 Å². The molecule has 17 heavy (non-hydrogen) atoms. The van der Waals surface area contributed by atoms with Crippen LogP contribution in [0.3, 0.4) is 0 Å². The summed E-state index contributed by atoms with van der Waals surface area (Å²) in [6.45, 7) is 1.91. The lowest BCUT2D eigenvalue weighted by Crippen LogP contribution is -2.47. The highest BCUT2D eigenvalue weighted by atomic mass is 19.4. The minimum absolute atomic E-state index is 0.0127. The zero-order valence-electron chi connectivity index (χ0n) is 10.2. The molecule has 0 spiro atoms. The van der Waals surface area contributed by atoms with E-state index in [0.717, 1.165) is 16.4 Å². The minimum Gasteiger partial charge on any atom is -0.302 e. The van der Waals surface area contributed by atoms with E-state index in [1.807, 2.05) is 25.9 Å². The fourth-order valence-corrected chi connectivity index (χ4v) is 1.41. The first-order valence-corrected chi connectivity index (χ1v) is 5.11. The summed E-state index contributed by atoms with van der Waals surface area (Å²) in [6.07, 6.45) is -3.07. The first-order chi connectivity index (χ1) is 7.77. The molecule has 0 saturated carbocycles. The highest BCUT2D eigenvalue weighted by molar-refractivity contribution is 5.14. The predicted molar refractivity (Wildman–Crippen MR) is 56.2 cm³/mol. The quantitative estimate of drug-likeness (QED) is 0.758. The molecule has 0 bridgehead atoms. The lowest BCUT2D eigenvalue weighted by atomic mass is 10.1. The van der Waals surface area contributed by atoms with Gasteiger partial charge in [0.25, 0.3) is 0 Å². The minimum atomic E-state index is -4.42. The van der Waals surface area contributed by atoms with E-state index in [0.29, 0.717) is 0 Å². The van der Waals surface area contributed by atoms with E-state index in [2.05, 4.69) is 0 Å². The molecule has 0 N–H and O–H groups in total. The van der Waals surface area contributed by atoms with Crippen LogP contribution < -0.4 is 9.57 Å². The normalized spacial score (nSPS) is 13.9. The van der Waals surface area contributed by atoms with E-state index >= 15 is 0 Å². The van der Waals surface area contributed by atoms with Crippen molar-refractivity contribution in [1.82, 2.24) is 4.90 Å². The fourth-order valence-electron chi connectivity index (χ4n) is 1.41. The number of hydrogen-bond donors (Lipinski definition) is 0. The van der Waals surface area contributed by atoms with Crippen LogP contribution in [0.2, 0.25) is 0 Å². The number of pyridine rings is 1. The van der Waals surface area contributed by atoms with Gasteiger partial charge in [-0.15, -0.1) is 0 Å². The second kappa shape index (κ2) is 4.91. The Kier molecular flexibility index (Phi) is 3.98. The van der Waals surface area contributed by atoms with Crippen molar-refractivity contribution in [3.63, 3.8) is 0 Å². The Morgan fingerprint density at radius 2 is 1.88 bits per heavy atom. The van der Waals surface area contributed by atoms with Gasteiger partial charge in [-0.2, -0.15) is 13.2 Å². The summed E-state index contributed by atoms with van der Waals surface area (Å²) >= 11 is 0.